The first-order valence-corrected chi connectivity index (χ1v) is 6.94. The highest BCUT2D eigenvalue weighted by atomic mass is 16.1. The van der Waals surface area contributed by atoms with Gasteiger partial charge in [-0.25, -0.2) is 0 Å². The standard InChI is InChI=1S/C16H21N3O/c1-2-17-10-15-8-9-19(12-15)13-16(20)18-11-14-6-4-3-5-7-14/h3-9,12,17H,2,10-11,13H2,1H3,(H,18,20). The van der Waals surface area contributed by atoms with Gasteiger partial charge in [0.2, 0.25) is 5.91 Å². The average Bonchev–Trinajstić information content (AvgIpc) is 2.91. The van der Waals surface area contributed by atoms with Crippen molar-refractivity contribution in [1.82, 2.24) is 15.2 Å². The molecule has 0 radical (unpaired) electrons. The Kier molecular flexibility index (Phi) is 5.38. The molecule has 0 aliphatic rings. The van der Waals surface area contributed by atoms with E-state index in [1.165, 1.54) is 5.56 Å². The average molecular weight is 271 g/mol. The van der Waals surface area contributed by atoms with Crippen LogP contribution in [0.5, 0.6) is 0 Å². The van der Waals surface area contributed by atoms with Crippen molar-refractivity contribution >= 4 is 5.91 Å². The van der Waals surface area contributed by atoms with Crippen molar-refractivity contribution in [2.75, 3.05) is 6.54 Å². The number of hydrogen-bond donors (Lipinski definition) is 2. The summed E-state index contributed by atoms with van der Waals surface area (Å²) in [5.41, 5.74) is 2.31. The molecule has 0 saturated carbocycles. The molecule has 0 fully saturated rings. The third-order valence-corrected chi connectivity index (χ3v) is 3.05. The van der Waals surface area contributed by atoms with E-state index in [9.17, 15) is 4.79 Å². The topological polar surface area (TPSA) is 46.1 Å². The van der Waals surface area contributed by atoms with Crippen LogP contribution in [0.4, 0.5) is 0 Å². The zero-order valence-corrected chi connectivity index (χ0v) is 11.8. The Labute approximate surface area is 119 Å². The van der Waals surface area contributed by atoms with Crippen molar-refractivity contribution in [3.63, 3.8) is 0 Å². The van der Waals surface area contributed by atoms with Gasteiger partial charge in [0.05, 0.1) is 0 Å². The number of nitrogens with one attached hydrogen (secondary N) is 2. The molecular weight excluding hydrogens is 250 g/mol. The third-order valence-electron chi connectivity index (χ3n) is 3.05. The van der Waals surface area contributed by atoms with Gasteiger partial charge in [-0.05, 0) is 23.7 Å². The van der Waals surface area contributed by atoms with E-state index in [2.05, 4.69) is 17.6 Å². The van der Waals surface area contributed by atoms with Crippen molar-refractivity contribution in [3.05, 3.63) is 59.9 Å². The molecule has 20 heavy (non-hydrogen) atoms. The Bertz CT molecular complexity index is 534. The van der Waals surface area contributed by atoms with Crippen molar-refractivity contribution < 1.29 is 4.79 Å². The fourth-order valence-electron chi connectivity index (χ4n) is 1.98. The monoisotopic (exact) mass is 271 g/mol. The van der Waals surface area contributed by atoms with Crippen LogP contribution in [0, 0.1) is 0 Å². The lowest BCUT2D eigenvalue weighted by Crippen LogP contribution is -2.26. The lowest BCUT2D eigenvalue weighted by atomic mass is 10.2. The second kappa shape index (κ2) is 7.50. The molecule has 0 atom stereocenters. The van der Waals surface area contributed by atoms with Gasteiger partial charge >= 0.3 is 0 Å². The number of aromatic nitrogens is 1. The maximum Gasteiger partial charge on any atom is 0.240 e. The molecule has 106 valence electrons. The maximum atomic E-state index is 11.9. The Morgan fingerprint density at radius 3 is 2.65 bits per heavy atom. The fourth-order valence-corrected chi connectivity index (χ4v) is 1.98. The second-order valence-corrected chi connectivity index (χ2v) is 4.73. The largest absolute Gasteiger partial charge is 0.350 e. The molecule has 1 aromatic heterocycles. The first-order valence-electron chi connectivity index (χ1n) is 6.94. The summed E-state index contributed by atoms with van der Waals surface area (Å²) in [5, 5.41) is 6.19. The molecule has 2 rings (SSSR count). The third kappa shape index (κ3) is 4.55. The quantitative estimate of drug-likeness (QED) is 0.808. The molecule has 0 saturated heterocycles. The van der Waals surface area contributed by atoms with Crippen molar-refractivity contribution in [1.29, 1.82) is 0 Å². The van der Waals surface area contributed by atoms with Crippen LogP contribution in [0.2, 0.25) is 0 Å². The van der Waals surface area contributed by atoms with Crippen LogP contribution < -0.4 is 10.6 Å². The smallest absolute Gasteiger partial charge is 0.240 e. The van der Waals surface area contributed by atoms with Crippen LogP contribution in [-0.2, 0) is 24.4 Å². The Hall–Kier alpha value is -2.07. The van der Waals surface area contributed by atoms with Gasteiger partial charge in [-0.15, -0.1) is 0 Å². The van der Waals surface area contributed by atoms with Crippen LogP contribution in [0.3, 0.4) is 0 Å². The van der Waals surface area contributed by atoms with Crippen LogP contribution in [0.15, 0.2) is 48.8 Å². The normalized spacial score (nSPS) is 10.4. The van der Waals surface area contributed by atoms with E-state index in [1.807, 2.05) is 53.4 Å². The summed E-state index contributed by atoms with van der Waals surface area (Å²) < 4.78 is 1.91. The molecule has 2 N–H and O–H groups in total. The summed E-state index contributed by atoms with van der Waals surface area (Å²) in [6.45, 7) is 4.80. The molecule has 4 heteroatoms. The van der Waals surface area contributed by atoms with Gasteiger partial charge in [0.1, 0.15) is 6.54 Å². The predicted molar refractivity (Wildman–Crippen MR) is 80.1 cm³/mol. The minimum absolute atomic E-state index is 0.0273. The van der Waals surface area contributed by atoms with E-state index in [-0.39, 0.29) is 5.91 Å². The van der Waals surface area contributed by atoms with Crippen molar-refractivity contribution in [2.24, 2.45) is 0 Å². The number of rotatable bonds is 7. The molecule has 0 aliphatic carbocycles. The summed E-state index contributed by atoms with van der Waals surface area (Å²) in [6, 6.07) is 12.0. The number of carbonyl (C=O) groups excluding carboxylic acids is 1. The number of hydrogen-bond acceptors (Lipinski definition) is 2. The van der Waals surface area contributed by atoms with Gasteiger partial charge < -0.3 is 15.2 Å². The molecule has 0 aliphatic heterocycles. The van der Waals surface area contributed by atoms with Crippen LogP contribution in [0.25, 0.3) is 0 Å². The Morgan fingerprint density at radius 1 is 1.10 bits per heavy atom. The van der Waals surface area contributed by atoms with E-state index in [0.29, 0.717) is 13.1 Å². The summed E-state index contributed by atoms with van der Waals surface area (Å²) in [4.78, 5) is 11.9. The highest BCUT2D eigenvalue weighted by molar-refractivity contribution is 5.75. The van der Waals surface area contributed by atoms with Gasteiger partial charge in [0, 0.05) is 25.5 Å². The zero-order valence-electron chi connectivity index (χ0n) is 11.8. The number of carbonyl (C=O) groups is 1. The zero-order chi connectivity index (χ0) is 14.2. The van der Waals surface area contributed by atoms with Gasteiger partial charge in [-0.3, -0.25) is 4.79 Å². The van der Waals surface area contributed by atoms with Gasteiger partial charge in [-0.1, -0.05) is 37.3 Å². The minimum Gasteiger partial charge on any atom is -0.350 e. The molecule has 0 spiro atoms. The van der Waals surface area contributed by atoms with Crippen LogP contribution in [0.1, 0.15) is 18.1 Å². The van der Waals surface area contributed by atoms with Crippen LogP contribution in [-0.4, -0.2) is 17.0 Å². The molecular formula is C16H21N3O. The fraction of sp³-hybridized carbons (Fsp3) is 0.312. The molecule has 1 heterocycles. The van der Waals surface area contributed by atoms with Gasteiger partial charge in [0.15, 0.2) is 0 Å². The number of amides is 1. The van der Waals surface area contributed by atoms with E-state index < -0.39 is 0 Å². The maximum absolute atomic E-state index is 11.9. The predicted octanol–water partition coefficient (Wildman–Crippen LogP) is 1.91. The highest BCUT2D eigenvalue weighted by Gasteiger charge is 2.03. The molecule has 1 aromatic carbocycles. The van der Waals surface area contributed by atoms with Crippen LogP contribution >= 0.6 is 0 Å². The van der Waals surface area contributed by atoms with E-state index in [1.54, 1.807) is 0 Å². The van der Waals surface area contributed by atoms with E-state index in [0.717, 1.165) is 18.7 Å². The first-order chi connectivity index (χ1) is 9.78. The summed E-state index contributed by atoms with van der Waals surface area (Å²) in [7, 11) is 0. The minimum atomic E-state index is 0.0273. The molecule has 4 nitrogen and oxygen atoms in total. The summed E-state index contributed by atoms with van der Waals surface area (Å²) in [5.74, 6) is 0.0273. The Morgan fingerprint density at radius 2 is 1.90 bits per heavy atom. The molecule has 1 amide bonds. The lowest BCUT2D eigenvalue weighted by molar-refractivity contribution is -0.121. The molecule has 2 aromatic rings. The van der Waals surface area contributed by atoms with Crippen molar-refractivity contribution in [3.8, 4) is 0 Å². The molecule has 0 bridgehead atoms. The summed E-state index contributed by atoms with van der Waals surface area (Å²) in [6.07, 6.45) is 3.94. The number of benzene rings is 1. The SMILES string of the molecule is CCNCc1ccn(CC(=O)NCc2ccccc2)c1. The van der Waals surface area contributed by atoms with Gasteiger partial charge in [-0.2, -0.15) is 0 Å². The lowest BCUT2D eigenvalue weighted by Gasteiger charge is -2.06. The second-order valence-electron chi connectivity index (χ2n) is 4.73. The molecule has 0 unspecified atom stereocenters. The van der Waals surface area contributed by atoms with Gasteiger partial charge in [0.25, 0.3) is 0 Å². The number of nitrogens with zero attached hydrogens (tertiary/aromatic N) is 1. The first kappa shape index (κ1) is 14.3. The Balaban J connectivity index is 1.78. The van der Waals surface area contributed by atoms with E-state index in [4.69, 9.17) is 0 Å². The van der Waals surface area contributed by atoms with E-state index >= 15 is 0 Å². The summed E-state index contributed by atoms with van der Waals surface area (Å²) >= 11 is 0. The van der Waals surface area contributed by atoms with Crippen molar-refractivity contribution in [2.45, 2.75) is 26.6 Å². The highest BCUT2D eigenvalue weighted by Crippen LogP contribution is 2.01.